The van der Waals surface area contributed by atoms with E-state index in [4.69, 9.17) is 0 Å². The van der Waals surface area contributed by atoms with Gasteiger partial charge in [-0.05, 0) is 119 Å². The average molecular weight is 1100 g/mol. The van der Waals surface area contributed by atoms with Gasteiger partial charge in [0.05, 0.1) is 78.0 Å². The first-order valence-electron chi connectivity index (χ1n) is 26.1. The van der Waals surface area contributed by atoms with Crippen LogP contribution in [0.25, 0.3) is 110 Å². The maximum atomic E-state index is 16.2. The van der Waals surface area contributed by atoms with Gasteiger partial charge in [-0.3, -0.25) is 0 Å². The van der Waals surface area contributed by atoms with Gasteiger partial charge in [-0.2, -0.15) is 31.6 Å². The van der Waals surface area contributed by atoms with Crippen molar-refractivity contribution in [3.05, 3.63) is 202 Å². The number of hydrogen-bond donors (Lipinski definition) is 0. The molecule has 4 heterocycles. The molecule has 0 spiro atoms. The van der Waals surface area contributed by atoms with E-state index in [1.54, 1.807) is 6.07 Å². The van der Waals surface area contributed by atoms with Gasteiger partial charge in [0.2, 0.25) is 0 Å². The second-order valence-corrected chi connectivity index (χ2v) is 21.4. The number of aryl methyl sites for hydroxylation is 4. The summed E-state index contributed by atoms with van der Waals surface area (Å²) in [7, 11) is 0. The lowest BCUT2D eigenvalue weighted by atomic mass is 10.0. The molecule has 13 rings (SSSR count). The van der Waals surface area contributed by atoms with E-state index in [0.29, 0.717) is 29.0 Å². The van der Waals surface area contributed by atoms with Crippen LogP contribution in [0.2, 0.25) is 0 Å². The molecular weight excluding hydrogens is 1050 g/mol. The smallest absolute Gasteiger partial charge is 0.307 e. The maximum absolute atomic E-state index is 16.2. The van der Waals surface area contributed by atoms with Crippen LogP contribution in [0.3, 0.4) is 0 Å². The SMILES string of the molecule is CCC(F)(F)c1ccc2c3ccc(C(F)(F)F)cc3n(-c3cc(-n4c5cc(C(C)(F)F)ccc5c5ccc(C(F)(F)F)cc54)c(-n4c5ccc(C)cc5c5cc(C)ccc54)c(C#N)c3-n3c4ccc(C)cc4c4cc(C)ccc43)c2c1. The lowest BCUT2D eigenvalue weighted by Gasteiger charge is -2.26. The molecule has 0 aliphatic heterocycles. The minimum absolute atomic E-state index is 0.00825. The van der Waals surface area contributed by atoms with E-state index in [1.165, 1.54) is 64.6 Å². The monoisotopic (exact) mass is 1100 g/mol. The maximum Gasteiger partial charge on any atom is 0.416 e. The highest BCUT2D eigenvalue weighted by atomic mass is 19.4. The van der Waals surface area contributed by atoms with Crippen molar-refractivity contribution >= 4 is 87.2 Å². The van der Waals surface area contributed by atoms with E-state index in [2.05, 4.69) is 6.07 Å². The minimum Gasteiger partial charge on any atom is -0.307 e. The van der Waals surface area contributed by atoms with Crippen molar-refractivity contribution in [2.75, 3.05) is 0 Å². The number of nitriles is 1. The Hall–Kier alpha value is -9.03. The highest BCUT2D eigenvalue weighted by Gasteiger charge is 2.37. The van der Waals surface area contributed by atoms with Crippen molar-refractivity contribution in [2.24, 2.45) is 0 Å². The van der Waals surface area contributed by atoms with Crippen molar-refractivity contribution in [2.45, 2.75) is 72.2 Å². The van der Waals surface area contributed by atoms with Crippen molar-refractivity contribution < 1.29 is 43.9 Å². The molecular formula is C66H45F10N5. The third-order valence-corrected chi connectivity index (χ3v) is 16.0. The van der Waals surface area contributed by atoms with E-state index in [0.717, 1.165) is 68.1 Å². The molecule has 81 heavy (non-hydrogen) atoms. The average Bonchev–Trinajstić information content (AvgIpc) is 4.31. The van der Waals surface area contributed by atoms with Gasteiger partial charge >= 0.3 is 12.4 Å². The van der Waals surface area contributed by atoms with Crippen LogP contribution >= 0.6 is 0 Å². The fourth-order valence-electron chi connectivity index (χ4n) is 12.1. The van der Waals surface area contributed by atoms with Gasteiger partial charge < -0.3 is 18.3 Å². The van der Waals surface area contributed by atoms with E-state index in [9.17, 15) is 5.26 Å². The summed E-state index contributed by atoms with van der Waals surface area (Å²) < 4.78 is 162. The molecule has 0 saturated heterocycles. The molecule has 0 aliphatic rings. The predicted molar refractivity (Wildman–Crippen MR) is 301 cm³/mol. The number of fused-ring (bicyclic) bond motifs is 12. The highest BCUT2D eigenvalue weighted by molar-refractivity contribution is 6.15. The lowest BCUT2D eigenvalue weighted by molar-refractivity contribution is -0.138. The Balaban J connectivity index is 1.37. The van der Waals surface area contributed by atoms with E-state index >= 15 is 43.9 Å². The molecule has 0 atom stereocenters. The molecule has 0 radical (unpaired) electrons. The standard InChI is InChI=1S/C66H45F10N5/c1-7-64(69,70)39-13-17-43-45-19-15-41(66(74,75)76)31-58(45)79(56(43)29-39)60-32-59(78-55-28-38(63(6,67)68)12-16-42(55)44-18-14-40(30-57(44)78)65(71,72)73)61(80-51-20-8-34(2)24-46(51)47-25-35(3)9-21-52(47)80)50(33-77)62(60)81-53-22-10-36(4)26-48(53)49-27-37(5)11-23-54(49)81/h8-32H,7H2,1-6H3. The van der Waals surface area contributed by atoms with E-state index in [-0.39, 0.29) is 71.9 Å². The molecule has 404 valence electrons. The molecule has 0 bridgehead atoms. The van der Waals surface area contributed by atoms with Gasteiger partial charge in [-0.1, -0.05) is 89.8 Å². The first kappa shape index (κ1) is 51.4. The molecule has 5 nitrogen and oxygen atoms in total. The van der Waals surface area contributed by atoms with Crippen LogP contribution in [-0.2, 0) is 24.2 Å². The van der Waals surface area contributed by atoms with Crippen LogP contribution in [0.15, 0.2) is 152 Å². The second-order valence-electron chi connectivity index (χ2n) is 21.4. The van der Waals surface area contributed by atoms with Gasteiger partial charge in [0.25, 0.3) is 11.8 Å². The number of benzene rings is 9. The Bertz CT molecular complexity index is 4720. The summed E-state index contributed by atoms with van der Waals surface area (Å²) in [6.45, 7) is 9.66. The largest absolute Gasteiger partial charge is 0.416 e. The van der Waals surface area contributed by atoms with Crippen molar-refractivity contribution in [1.29, 1.82) is 5.26 Å². The molecule has 4 aromatic heterocycles. The molecule has 0 aliphatic carbocycles. The Morgan fingerprint density at radius 3 is 0.975 bits per heavy atom. The van der Waals surface area contributed by atoms with Gasteiger partial charge in [-0.25, -0.2) is 17.6 Å². The molecule has 0 N–H and O–H groups in total. The summed E-state index contributed by atoms with van der Waals surface area (Å²) in [6, 6.07) is 40.7. The molecule has 0 unspecified atom stereocenters. The second kappa shape index (κ2) is 17.5. The Labute approximate surface area is 455 Å². The first-order valence-corrected chi connectivity index (χ1v) is 26.1. The topological polar surface area (TPSA) is 43.5 Å². The number of rotatable bonds is 7. The van der Waals surface area contributed by atoms with Crippen molar-refractivity contribution in [3.8, 4) is 28.8 Å². The number of nitrogens with zero attached hydrogens (tertiary/aromatic N) is 5. The van der Waals surface area contributed by atoms with Crippen molar-refractivity contribution in [3.63, 3.8) is 0 Å². The van der Waals surface area contributed by atoms with Gasteiger partial charge in [0.15, 0.2) is 0 Å². The van der Waals surface area contributed by atoms with Crippen LogP contribution in [0.5, 0.6) is 0 Å². The third kappa shape index (κ3) is 7.81. The highest BCUT2D eigenvalue weighted by Crippen LogP contribution is 2.49. The van der Waals surface area contributed by atoms with Crippen molar-refractivity contribution in [1.82, 2.24) is 18.3 Å². The molecule has 0 saturated carbocycles. The van der Waals surface area contributed by atoms with Crippen LogP contribution < -0.4 is 0 Å². The zero-order valence-corrected chi connectivity index (χ0v) is 44.2. The van der Waals surface area contributed by atoms with Crippen LogP contribution in [0.4, 0.5) is 43.9 Å². The van der Waals surface area contributed by atoms with Gasteiger partial charge in [0, 0.05) is 67.6 Å². The summed E-state index contributed by atoms with van der Waals surface area (Å²) in [5, 5.41) is 16.4. The normalized spacial score (nSPS) is 13.0. The zero-order chi connectivity index (χ0) is 57.1. The summed E-state index contributed by atoms with van der Waals surface area (Å²) in [5.41, 5.74) is 2.28. The molecule has 15 heteroatoms. The predicted octanol–water partition coefficient (Wildman–Crippen LogP) is 19.8. The van der Waals surface area contributed by atoms with Crippen LogP contribution in [0, 0.1) is 39.0 Å². The quantitative estimate of drug-likeness (QED) is 0.147. The van der Waals surface area contributed by atoms with Crippen LogP contribution in [0.1, 0.15) is 70.3 Å². The molecule has 9 aromatic carbocycles. The van der Waals surface area contributed by atoms with Gasteiger partial charge in [-0.15, -0.1) is 0 Å². The number of aromatic nitrogens is 4. The summed E-state index contributed by atoms with van der Waals surface area (Å²) in [6.07, 6.45) is -10.5. The van der Waals surface area contributed by atoms with E-state index in [1.807, 2.05) is 110 Å². The zero-order valence-electron chi connectivity index (χ0n) is 44.2. The molecule has 0 amide bonds. The van der Waals surface area contributed by atoms with Gasteiger partial charge in [0.1, 0.15) is 11.6 Å². The number of alkyl halides is 10. The Kier molecular flexibility index (Phi) is 11.1. The summed E-state index contributed by atoms with van der Waals surface area (Å²) in [5.74, 6) is -6.91. The number of halogens is 10. The summed E-state index contributed by atoms with van der Waals surface area (Å²) in [4.78, 5) is 0. The number of hydrogen-bond acceptors (Lipinski definition) is 1. The minimum atomic E-state index is -4.92. The Morgan fingerprint density at radius 2 is 0.667 bits per heavy atom. The summed E-state index contributed by atoms with van der Waals surface area (Å²) >= 11 is 0. The first-order chi connectivity index (χ1) is 38.4. The third-order valence-electron chi connectivity index (χ3n) is 16.0. The van der Waals surface area contributed by atoms with E-state index < -0.39 is 52.9 Å². The molecule has 13 aromatic rings. The van der Waals surface area contributed by atoms with Crippen LogP contribution in [-0.4, -0.2) is 18.3 Å². The molecule has 0 fully saturated rings. The fraction of sp³-hybridized carbons (Fsp3) is 0.167. The fourth-order valence-corrected chi connectivity index (χ4v) is 12.1. The Morgan fingerprint density at radius 1 is 0.358 bits per heavy atom. The lowest BCUT2D eigenvalue weighted by Crippen LogP contribution is -2.15.